The Bertz CT molecular complexity index is 208. The normalized spacial score (nSPS) is 12.2. The molecule has 1 N–H and O–H groups in total. The third-order valence-electron chi connectivity index (χ3n) is 1.97. The fraction of sp³-hybridized carbons (Fsp3) is 0.727. The molecule has 1 atom stereocenters. The summed E-state index contributed by atoms with van der Waals surface area (Å²) in [6, 6.07) is 0. The van der Waals surface area contributed by atoms with Gasteiger partial charge in [-0.25, -0.2) is 0 Å². The number of aliphatic hydroxyl groups is 1. The van der Waals surface area contributed by atoms with Crippen LogP contribution >= 0.6 is 24.0 Å². The Hall–Kier alpha value is -0.100. The summed E-state index contributed by atoms with van der Waals surface area (Å²) in [4.78, 5) is 2.09. The molecule has 0 rings (SSSR count). The zero-order chi connectivity index (χ0) is 12.4. The van der Waals surface area contributed by atoms with Gasteiger partial charge in [0.05, 0.1) is 19.3 Å². The van der Waals surface area contributed by atoms with E-state index in [2.05, 4.69) is 25.3 Å². The van der Waals surface area contributed by atoms with Gasteiger partial charge in [0.1, 0.15) is 4.32 Å². The van der Waals surface area contributed by atoms with Crippen molar-refractivity contribution in [3.63, 3.8) is 0 Å². The monoisotopic (exact) mass is 263 g/mol. The summed E-state index contributed by atoms with van der Waals surface area (Å²) in [5.41, 5.74) is 0. The lowest BCUT2D eigenvalue weighted by molar-refractivity contribution is 0.0626. The van der Waals surface area contributed by atoms with E-state index in [0.717, 1.165) is 17.4 Å². The zero-order valence-electron chi connectivity index (χ0n) is 10.0. The highest BCUT2D eigenvalue weighted by Gasteiger charge is 2.10. The van der Waals surface area contributed by atoms with Gasteiger partial charge in [0.25, 0.3) is 0 Å². The zero-order valence-corrected chi connectivity index (χ0v) is 11.6. The van der Waals surface area contributed by atoms with E-state index < -0.39 is 6.10 Å². The van der Waals surface area contributed by atoms with Gasteiger partial charge < -0.3 is 14.7 Å². The highest BCUT2D eigenvalue weighted by Crippen LogP contribution is 2.11. The Kier molecular flexibility index (Phi) is 10.0. The second-order valence-corrected chi connectivity index (χ2v) is 4.88. The first kappa shape index (κ1) is 15.9. The van der Waals surface area contributed by atoms with Gasteiger partial charge in [0.15, 0.2) is 0 Å². The van der Waals surface area contributed by atoms with Crippen molar-refractivity contribution >= 4 is 28.3 Å². The number of hydrogen-bond donors (Lipinski definition) is 1. The number of aliphatic hydroxyl groups excluding tert-OH is 1. The van der Waals surface area contributed by atoms with E-state index in [9.17, 15) is 5.11 Å². The van der Waals surface area contributed by atoms with Crippen molar-refractivity contribution in [2.24, 2.45) is 0 Å². The van der Waals surface area contributed by atoms with E-state index in [-0.39, 0.29) is 0 Å². The number of ether oxygens (including phenoxy) is 1. The SMILES string of the molecule is C=CCOCC(O)CSC(=S)N(CC)CC. The van der Waals surface area contributed by atoms with Crippen LogP contribution in [0.3, 0.4) is 0 Å². The van der Waals surface area contributed by atoms with Crippen LogP contribution in [-0.2, 0) is 4.74 Å². The van der Waals surface area contributed by atoms with E-state index in [1.165, 1.54) is 11.8 Å². The fourth-order valence-corrected chi connectivity index (χ4v) is 2.41. The number of thiocarbonyl (C=S) groups is 1. The van der Waals surface area contributed by atoms with Crippen molar-refractivity contribution in [2.45, 2.75) is 20.0 Å². The molecule has 0 radical (unpaired) electrons. The van der Waals surface area contributed by atoms with Crippen LogP contribution in [0, 0.1) is 0 Å². The molecule has 0 saturated carbocycles. The number of rotatable bonds is 8. The average molecular weight is 263 g/mol. The molecule has 0 amide bonds. The van der Waals surface area contributed by atoms with Crippen molar-refractivity contribution in [2.75, 3.05) is 32.1 Å². The third kappa shape index (κ3) is 7.22. The lowest BCUT2D eigenvalue weighted by Gasteiger charge is -2.21. The minimum Gasteiger partial charge on any atom is -0.390 e. The summed E-state index contributed by atoms with van der Waals surface area (Å²) in [7, 11) is 0. The highest BCUT2D eigenvalue weighted by molar-refractivity contribution is 8.22. The lowest BCUT2D eigenvalue weighted by atomic mass is 10.4. The quantitative estimate of drug-likeness (QED) is 0.411. The molecule has 94 valence electrons. The molecule has 0 aromatic rings. The van der Waals surface area contributed by atoms with E-state index in [1.807, 2.05) is 0 Å². The van der Waals surface area contributed by atoms with Crippen LogP contribution in [0.25, 0.3) is 0 Å². The molecule has 0 aliphatic heterocycles. The largest absolute Gasteiger partial charge is 0.390 e. The molecule has 0 spiro atoms. The summed E-state index contributed by atoms with van der Waals surface area (Å²) in [5.74, 6) is 0.576. The first-order valence-corrected chi connectivity index (χ1v) is 6.83. The van der Waals surface area contributed by atoms with Crippen molar-refractivity contribution in [1.82, 2.24) is 4.90 Å². The first-order chi connectivity index (χ1) is 7.65. The maximum Gasteiger partial charge on any atom is 0.136 e. The van der Waals surface area contributed by atoms with E-state index >= 15 is 0 Å². The molecular formula is C11H21NO2S2. The lowest BCUT2D eigenvalue weighted by Crippen LogP contribution is -2.28. The fourth-order valence-electron chi connectivity index (χ4n) is 1.08. The van der Waals surface area contributed by atoms with Gasteiger partial charge in [0, 0.05) is 18.8 Å². The maximum atomic E-state index is 9.59. The van der Waals surface area contributed by atoms with Gasteiger partial charge in [0.2, 0.25) is 0 Å². The van der Waals surface area contributed by atoms with Crippen molar-refractivity contribution in [3.05, 3.63) is 12.7 Å². The second kappa shape index (κ2) is 10.1. The number of nitrogens with zero attached hydrogens (tertiary/aromatic N) is 1. The predicted molar refractivity (Wildman–Crippen MR) is 75.0 cm³/mol. The summed E-state index contributed by atoms with van der Waals surface area (Å²) in [6.45, 7) is 10.3. The summed E-state index contributed by atoms with van der Waals surface area (Å²) < 4.78 is 5.99. The molecule has 0 saturated heterocycles. The Balaban J connectivity index is 3.69. The molecule has 5 heteroatoms. The van der Waals surface area contributed by atoms with Crippen LogP contribution in [0.15, 0.2) is 12.7 Å². The molecule has 0 aliphatic carbocycles. The van der Waals surface area contributed by atoms with Gasteiger partial charge in [-0.3, -0.25) is 0 Å². The minimum atomic E-state index is -0.474. The topological polar surface area (TPSA) is 32.7 Å². The molecule has 0 aliphatic rings. The Morgan fingerprint density at radius 1 is 1.56 bits per heavy atom. The molecule has 0 bridgehead atoms. The van der Waals surface area contributed by atoms with Crippen molar-refractivity contribution in [3.8, 4) is 0 Å². The summed E-state index contributed by atoms with van der Waals surface area (Å²) in [6.07, 6.45) is 1.19. The van der Waals surface area contributed by atoms with Crippen LogP contribution in [0.2, 0.25) is 0 Å². The van der Waals surface area contributed by atoms with Gasteiger partial charge in [-0.15, -0.1) is 6.58 Å². The van der Waals surface area contributed by atoms with Gasteiger partial charge in [-0.2, -0.15) is 0 Å². The van der Waals surface area contributed by atoms with Gasteiger partial charge >= 0.3 is 0 Å². The number of hydrogen-bond acceptors (Lipinski definition) is 4. The van der Waals surface area contributed by atoms with E-state index in [0.29, 0.717) is 19.0 Å². The van der Waals surface area contributed by atoms with Crippen molar-refractivity contribution in [1.29, 1.82) is 0 Å². The second-order valence-electron chi connectivity index (χ2n) is 3.23. The standard InChI is InChI=1S/C11H21NO2S2/c1-4-7-14-8-10(13)9-16-11(15)12(5-2)6-3/h4,10,13H,1,5-9H2,2-3H3. The Morgan fingerprint density at radius 3 is 2.69 bits per heavy atom. The van der Waals surface area contributed by atoms with E-state index in [4.69, 9.17) is 17.0 Å². The Labute approximate surface area is 108 Å². The molecule has 1 unspecified atom stereocenters. The van der Waals surface area contributed by atoms with Crippen molar-refractivity contribution < 1.29 is 9.84 Å². The molecule has 0 fully saturated rings. The van der Waals surface area contributed by atoms with Gasteiger partial charge in [-0.1, -0.05) is 30.1 Å². The minimum absolute atomic E-state index is 0.333. The molecule has 0 heterocycles. The predicted octanol–water partition coefficient (Wildman–Crippen LogP) is 1.91. The van der Waals surface area contributed by atoms with Crippen LogP contribution in [0.4, 0.5) is 0 Å². The van der Waals surface area contributed by atoms with Crippen LogP contribution < -0.4 is 0 Å². The molecule has 3 nitrogen and oxygen atoms in total. The average Bonchev–Trinajstić information content (AvgIpc) is 2.28. The van der Waals surface area contributed by atoms with Crippen LogP contribution in [-0.4, -0.2) is 52.5 Å². The van der Waals surface area contributed by atoms with Crippen LogP contribution in [0.1, 0.15) is 13.8 Å². The molecule has 16 heavy (non-hydrogen) atoms. The molecule has 0 aromatic carbocycles. The van der Waals surface area contributed by atoms with E-state index in [1.54, 1.807) is 6.08 Å². The summed E-state index contributed by atoms with van der Waals surface area (Å²) in [5, 5.41) is 9.59. The van der Waals surface area contributed by atoms with Crippen LogP contribution in [0.5, 0.6) is 0 Å². The van der Waals surface area contributed by atoms with Gasteiger partial charge in [-0.05, 0) is 13.8 Å². The maximum absolute atomic E-state index is 9.59. The molecular weight excluding hydrogens is 242 g/mol. The smallest absolute Gasteiger partial charge is 0.136 e. The first-order valence-electron chi connectivity index (χ1n) is 5.44. The number of thioether (sulfide) groups is 1. The summed E-state index contributed by atoms with van der Waals surface area (Å²) >= 11 is 6.75. The molecule has 0 aromatic heterocycles. The highest BCUT2D eigenvalue weighted by atomic mass is 32.2. The Morgan fingerprint density at radius 2 is 2.19 bits per heavy atom. The third-order valence-corrected chi connectivity index (χ3v) is 3.64.